The number of aromatic hydroxyl groups is 2. The van der Waals surface area contributed by atoms with Crippen LogP contribution in [0.25, 0.3) is 0 Å². The molecule has 6 heteroatoms. The summed E-state index contributed by atoms with van der Waals surface area (Å²) in [7, 11) is 0. The van der Waals surface area contributed by atoms with Gasteiger partial charge in [0, 0.05) is 0 Å². The minimum atomic E-state index is -3.58. The first kappa shape index (κ1) is 34.4. The molecule has 0 spiro atoms. The summed E-state index contributed by atoms with van der Waals surface area (Å²) in [6.45, 7) is 0. The first-order valence-electron chi connectivity index (χ1n) is 16.6. The Morgan fingerprint density at radius 2 is 0.480 bits per heavy atom. The third kappa shape index (κ3) is 5.55. The Labute approximate surface area is 310 Å². The van der Waals surface area contributed by atoms with E-state index in [1.165, 1.54) is 0 Å². The van der Waals surface area contributed by atoms with E-state index >= 15 is 0 Å². The van der Waals surface area contributed by atoms with E-state index in [9.17, 15) is 10.2 Å². The Kier molecular flexibility index (Phi) is 9.35. The van der Waals surface area contributed by atoms with Gasteiger partial charge in [-0.1, -0.05) is 0 Å². The van der Waals surface area contributed by atoms with Crippen LogP contribution in [-0.4, -0.2) is 10.2 Å². The van der Waals surface area contributed by atoms with E-state index in [2.05, 4.69) is 177 Å². The molecule has 2 N–H and O–H groups in total. The van der Waals surface area contributed by atoms with Gasteiger partial charge in [-0.2, -0.15) is 0 Å². The van der Waals surface area contributed by atoms with Gasteiger partial charge in [0.2, 0.25) is 0 Å². The van der Waals surface area contributed by atoms with Crippen LogP contribution in [0.5, 0.6) is 11.5 Å². The average molecular weight is 821 g/mol. The average Bonchev–Trinajstić information content (AvgIpc) is 3.19. The molecular formula is C44H38Br2O2P2. The molecule has 250 valence electrons. The van der Waals surface area contributed by atoms with E-state index in [-0.39, 0.29) is 11.5 Å². The number of rotatable bonds is 10. The van der Waals surface area contributed by atoms with Crippen molar-refractivity contribution in [1.82, 2.24) is 0 Å². The minimum absolute atomic E-state index is 0.154. The van der Waals surface area contributed by atoms with Crippen LogP contribution in [0, 0.1) is 0 Å². The Morgan fingerprint density at radius 1 is 0.300 bits per heavy atom. The van der Waals surface area contributed by atoms with Gasteiger partial charge >= 0.3 is 313 Å². The van der Waals surface area contributed by atoms with Crippen LogP contribution < -0.4 is 31.8 Å². The van der Waals surface area contributed by atoms with Crippen LogP contribution in [0.4, 0.5) is 0 Å². The molecule has 0 aliphatic heterocycles. The van der Waals surface area contributed by atoms with Crippen molar-refractivity contribution in [3.05, 3.63) is 205 Å². The van der Waals surface area contributed by atoms with E-state index in [4.69, 9.17) is 0 Å². The number of hydrogen-bond donors (Lipinski definition) is 2. The zero-order valence-corrected chi connectivity index (χ0v) is 32.4. The fourth-order valence-corrected chi connectivity index (χ4v) is 22.8. The molecule has 0 aliphatic carbocycles. The maximum absolute atomic E-state index is 12.1. The van der Waals surface area contributed by atoms with Gasteiger partial charge < -0.3 is 0 Å². The van der Waals surface area contributed by atoms with E-state index in [1.54, 1.807) is 12.1 Å². The molecule has 50 heavy (non-hydrogen) atoms. The van der Waals surface area contributed by atoms with Crippen molar-refractivity contribution in [3.8, 4) is 11.5 Å². The van der Waals surface area contributed by atoms with Crippen LogP contribution in [0.3, 0.4) is 0 Å². The second-order valence-electron chi connectivity index (χ2n) is 12.8. The van der Waals surface area contributed by atoms with Crippen molar-refractivity contribution in [2.75, 3.05) is 0 Å². The molecule has 0 saturated heterocycles. The predicted molar refractivity (Wildman–Crippen MR) is 225 cm³/mol. The molecule has 0 radical (unpaired) electrons. The molecule has 0 atom stereocenters. The van der Waals surface area contributed by atoms with Crippen molar-refractivity contribution < 1.29 is 10.2 Å². The van der Waals surface area contributed by atoms with Crippen LogP contribution in [0.2, 0.25) is 0 Å². The van der Waals surface area contributed by atoms with Crippen LogP contribution in [0.15, 0.2) is 194 Å². The van der Waals surface area contributed by atoms with E-state index < -0.39 is 10.6 Å². The normalized spacial score (nSPS) is 13.4. The van der Waals surface area contributed by atoms with E-state index in [0.717, 1.165) is 31.8 Å². The third-order valence-corrected chi connectivity index (χ3v) is 29.0. The Hall–Kier alpha value is -4.04. The molecule has 0 saturated carbocycles. The molecule has 0 aromatic heterocycles. The topological polar surface area (TPSA) is 40.5 Å². The summed E-state index contributed by atoms with van der Waals surface area (Å²) >= 11 is 9.22. The standard InChI is InChI=1S/C44H38Br2O2P2/c45-49(35-19-7-1-8-20-35,36-21-9-2-10-22-36,37-23-11-3-12-24-37)33-41-42(44(48)32-31-43(41)47)34-50(46,38-25-13-4-14-26-38,39-27-15-5-16-28-39)40-29-17-6-18-30-40/h1-32,47-48H,33-34H2. The summed E-state index contributed by atoms with van der Waals surface area (Å²) in [6.07, 6.45) is 0.855. The summed E-state index contributed by atoms with van der Waals surface area (Å²) in [4.78, 5) is 0. The first-order chi connectivity index (χ1) is 24.3. The summed E-state index contributed by atoms with van der Waals surface area (Å²) in [6, 6.07) is 66.8. The number of hydrogen-bond acceptors (Lipinski definition) is 2. The quantitative estimate of drug-likeness (QED) is 0.107. The second kappa shape index (κ2) is 13.6. The van der Waals surface area contributed by atoms with E-state index in [0.29, 0.717) is 23.5 Å². The summed E-state index contributed by atoms with van der Waals surface area (Å²) in [5.41, 5.74) is 1.43. The van der Waals surface area contributed by atoms with Gasteiger partial charge in [0.15, 0.2) is 0 Å². The first-order valence-corrected chi connectivity index (χ1v) is 25.5. The van der Waals surface area contributed by atoms with Gasteiger partial charge in [-0.05, 0) is 0 Å². The molecule has 2 nitrogen and oxygen atoms in total. The molecule has 7 aromatic carbocycles. The number of phenolic OH excluding ortho intramolecular Hbond substituents is 2. The van der Waals surface area contributed by atoms with Crippen molar-refractivity contribution in [2.24, 2.45) is 0 Å². The zero-order chi connectivity index (χ0) is 34.7. The Balaban J connectivity index is 1.58. The predicted octanol–water partition coefficient (Wildman–Crippen LogP) is 9.78. The number of benzene rings is 7. The summed E-state index contributed by atoms with van der Waals surface area (Å²) in [5.74, 6) is 0.307. The van der Waals surface area contributed by atoms with Crippen LogP contribution >= 0.6 is 41.6 Å². The van der Waals surface area contributed by atoms with Gasteiger partial charge in [-0.15, -0.1) is 0 Å². The third-order valence-electron chi connectivity index (χ3n) is 10.1. The second-order valence-corrected chi connectivity index (χ2v) is 30.6. The summed E-state index contributed by atoms with van der Waals surface area (Å²) in [5, 5.41) is 23.9. The van der Waals surface area contributed by atoms with Gasteiger partial charge in [-0.25, -0.2) is 0 Å². The van der Waals surface area contributed by atoms with Crippen LogP contribution in [-0.2, 0) is 12.3 Å². The maximum atomic E-state index is 12.1. The molecule has 0 bridgehead atoms. The Morgan fingerprint density at radius 3 is 0.660 bits per heavy atom. The molecule has 0 amide bonds. The zero-order valence-electron chi connectivity index (χ0n) is 27.4. The van der Waals surface area contributed by atoms with Crippen LogP contribution in [0.1, 0.15) is 11.1 Å². The van der Waals surface area contributed by atoms with Gasteiger partial charge in [-0.3, -0.25) is 0 Å². The number of halogens is 2. The fourth-order valence-electron chi connectivity index (χ4n) is 7.49. The molecule has 7 aromatic rings. The monoisotopic (exact) mass is 818 g/mol. The van der Waals surface area contributed by atoms with Crippen molar-refractivity contribution >= 4 is 73.4 Å². The SMILES string of the molecule is Oc1ccc(O)c(CP(Br)(c2ccccc2)(c2ccccc2)c2ccccc2)c1CP(Br)(c1ccccc1)(c1ccccc1)c1ccccc1. The van der Waals surface area contributed by atoms with Gasteiger partial charge in [0.1, 0.15) is 0 Å². The Bertz CT molecular complexity index is 1860. The van der Waals surface area contributed by atoms with Crippen molar-refractivity contribution in [1.29, 1.82) is 0 Å². The van der Waals surface area contributed by atoms with Crippen molar-refractivity contribution in [2.45, 2.75) is 12.3 Å². The summed E-state index contributed by atoms with van der Waals surface area (Å²) < 4.78 is 0. The molecule has 0 heterocycles. The van der Waals surface area contributed by atoms with Crippen molar-refractivity contribution in [3.63, 3.8) is 0 Å². The van der Waals surface area contributed by atoms with Gasteiger partial charge in [0.05, 0.1) is 0 Å². The molecule has 0 unspecified atom stereocenters. The van der Waals surface area contributed by atoms with E-state index in [1.807, 2.05) is 36.4 Å². The molecule has 7 rings (SSSR count). The fraction of sp³-hybridized carbons (Fsp3) is 0.0455. The molecule has 0 aliphatic rings. The molecule has 0 fully saturated rings. The molecular weight excluding hydrogens is 782 g/mol. The number of phenols is 2. The van der Waals surface area contributed by atoms with Gasteiger partial charge in [0.25, 0.3) is 0 Å².